The molecule has 4 rings (SSSR count). The maximum atomic E-state index is 12.5. The van der Waals surface area contributed by atoms with Gasteiger partial charge in [-0.25, -0.2) is 4.68 Å². The molecule has 1 aromatic carbocycles. The molecule has 3 aromatic rings. The van der Waals surface area contributed by atoms with Crippen molar-refractivity contribution in [3.05, 3.63) is 52.5 Å². The van der Waals surface area contributed by atoms with Gasteiger partial charge in [0.1, 0.15) is 23.7 Å². The SMILES string of the molecule is Cc1cc2cc(NC(=O)Cn3nc(N4CCC(C)CC4)ccc3=O)ccc2o1. The first kappa shape index (κ1) is 18.3. The van der Waals surface area contributed by atoms with Gasteiger partial charge in [-0.3, -0.25) is 9.59 Å². The van der Waals surface area contributed by atoms with E-state index >= 15 is 0 Å². The monoisotopic (exact) mass is 380 g/mol. The molecule has 0 radical (unpaired) electrons. The zero-order chi connectivity index (χ0) is 19.7. The van der Waals surface area contributed by atoms with Crippen LogP contribution in [0.4, 0.5) is 11.5 Å². The quantitative estimate of drug-likeness (QED) is 0.752. The van der Waals surface area contributed by atoms with Gasteiger partial charge in [-0.05, 0) is 56.0 Å². The number of rotatable bonds is 4. The van der Waals surface area contributed by atoms with Crippen LogP contribution in [0.5, 0.6) is 0 Å². The molecule has 7 nitrogen and oxygen atoms in total. The van der Waals surface area contributed by atoms with E-state index in [1.807, 2.05) is 25.1 Å². The molecule has 1 saturated heterocycles. The van der Waals surface area contributed by atoms with Gasteiger partial charge in [0.05, 0.1) is 0 Å². The third-order valence-electron chi connectivity index (χ3n) is 5.18. The summed E-state index contributed by atoms with van der Waals surface area (Å²) in [7, 11) is 0. The molecule has 0 spiro atoms. The van der Waals surface area contributed by atoms with Crippen LogP contribution in [0.2, 0.25) is 0 Å². The zero-order valence-corrected chi connectivity index (χ0v) is 16.1. The van der Waals surface area contributed by atoms with Crippen molar-refractivity contribution < 1.29 is 9.21 Å². The van der Waals surface area contributed by atoms with Gasteiger partial charge in [0.25, 0.3) is 5.56 Å². The second-order valence-electron chi connectivity index (χ2n) is 7.51. The first-order valence-corrected chi connectivity index (χ1v) is 9.61. The van der Waals surface area contributed by atoms with Gasteiger partial charge >= 0.3 is 0 Å². The number of nitrogens with zero attached hydrogens (tertiary/aromatic N) is 3. The molecule has 3 heterocycles. The number of aryl methyl sites for hydroxylation is 1. The number of fused-ring (bicyclic) bond motifs is 1. The Bertz CT molecular complexity index is 1060. The number of carbonyl (C=O) groups excluding carboxylic acids is 1. The normalized spacial score (nSPS) is 15.1. The third-order valence-corrected chi connectivity index (χ3v) is 5.18. The van der Waals surface area contributed by atoms with Crippen molar-refractivity contribution in [2.75, 3.05) is 23.3 Å². The van der Waals surface area contributed by atoms with Crippen molar-refractivity contribution in [1.82, 2.24) is 9.78 Å². The largest absolute Gasteiger partial charge is 0.461 e. The Morgan fingerprint density at radius 3 is 2.79 bits per heavy atom. The summed E-state index contributed by atoms with van der Waals surface area (Å²) in [5, 5.41) is 8.16. The van der Waals surface area contributed by atoms with Gasteiger partial charge in [-0.1, -0.05) is 6.92 Å². The predicted molar refractivity (Wildman–Crippen MR) is 109 cm³/mol. The predicted octanol–water partition coefficient (Wildman–Crippen LogP) is 3.17. The molecule has 28 heavy (non-hydrogen) atoms. The highest BCUT2D eigenvalue weighted by Gasteiger charge is 2.18. The molecule has 7 heteroatoms. The summed E-state index contributed by atoms with van der Waals surface area (Å²) in [6.07, 6.45) is 2.22. The van der Waals surface area contributed by atoms with E-state index in [9.17, 15) is 9.59 Å². The summed E-state index contributed by atoms with van der Waals surface area (Å²) >= 11 is 0. The average Bonchev–Trinajstić information content (AvgIpc) is 3.03. The molecule has 1 N–H and O–H groups in total. The summed E-state index contributed by atoms with van der Waals surface area (Å²) in [5.74, 6) is 1.98. The Balaban J connectivity index is 1.47. The Labute approximate surface area is 162 Å². The summed E-state index contributed by atoms with van der Waals surface area (Å²) < 4.78 is 6.77. The van der Waals surface area contributed by atoms with E-state index in [2.05, 4.69) is 22.2 Å². The summed E-state index contributed by atoms with van der Waals surface area (Å²) in [6.45, 7) is 5.84. The smallest absolute Gasteiger partial charge is 0.267 e. The van der Waals surface area contributed by atoms with Crippen LogP contribution in [0.15, 0.2) is 45.6 Å². The van der Waals surface area contributed by atoms with Crippen molar-refractivity contribution in [1.29, 1.82) is 0 Å². The van der Waals surface area contributed by atoms with Crippen LogP contribution in [0.1, 0.15) is 25.5 Å². The molecule has 1 amide bonds. The van der Waals surface area contributed by atoms with Gasteiger partial charge in [0, 0.05) is 30.2 Å². The van der Waals surface area contributed by atoms with Crippen molar-refractivity contribution in [2.45, 2.75) is 33.2 Å². The molecule has 0 aliphatic carbocycles. The minimum Gasteiger partial charge on any atom is -0.461 e. The summed E-state index contributed by atoms with van der Waals surface area (Å²) in [4.78, 5) is 26.8. The summed E-state index contributed by atoms with van der Waals surface area (Å²) in [6, 6.07) is 10.6. The molecule has 1 fully saturated rings. The van der Waals surface area contributed by atoms with Gasteiger partial charge in [0.2, 0.25) is 5.91 Å². The van der Waals surface area contributed by atoms with Crippen LogP contribution in [-0.2, 0) is 11.3 Å². The van der Waals surface area contributed by atoms with Crippen LogP contribution in [0.25, 0.3) is 11.0 Å². The van der Waals surface area contributed by atoms with Crippen LogP contribution in [0.3, 0.4) is 0 Å². The Hall–Kier alpha value is -3.09. The fraction of sp³-hybridized carbons (Fsp3) is 0.381. The van der Waals surface area contributed by atoms with E-state index in [-0.39, 0.29) is 18.0 Å². The minimum absolute atomic E-state index is 0.126. The molecular weight excluding hydrogens is 356 g/mol. The minimum atomic E-state index is -0.293. The van der Waals surface area contributed by atoms with Crippen LogP contribution >= 0.6 is 0 Å². The number of anilines is 2. The zero-order valence-electron chi connectivity index (χ0n) is 16.1. The highest BCUT2D eigenvalue weighted by Crippen LogP contribution is 2.23. The van der Waals surface area contributed by atoms with Gasteiger partial charge in [-0.15, -0.1) is 0 Å². The number of aromatic nitrogens is 2. The van der Waals surface area contributed by atoms with E-state index in [0.717, 1.165) is 48.5 Å². The Morgan fingerprint density at radius 1 is 1.21 bits per heavy atom. The lowest BCUT2D eigenvalue weighted by Gasteiger charge is -2.31. The van der Waals surface area contributed by atoms with Crippen LogP contribution < -0.4 is 15.8 Å². The lowest BCUT2D eigenvalue weighted by molar-refractivity contribution is -0.117. The average molecular weight is 380 g/mol. The topological polar surface area (TPSA) is 80.4 Å². The number of benzene rings is 1. The van der Waals surface area contributed by atoms with E-state index in [4.69, 9.17) is 4.42 Å². The number of hydrogen-bond acceptors (Lipinski definition) is 5. The first-order valence-electron chi connectivity index (χ1n) is 9.61. The standard InChI is InChI=1S/C21H24N4O3/c1-14-7-9-24(10-8-14)19-5-6-21(27)25(23-19)13-20(26)22-17-3-4-18-16(12-17)11-15(2)28-18/h3-6,11-12,14H,7-10,13H2,1-2H3,(H,22,26). The molecule has 2 aromatic heterocycles. The number of hydrogen-bond donors (Lipinski definition) is 1. The van der Waals surface area contributed by atoms with Crippen LogP contribution in [-0.4, -0.2) is 28.8 Å². The highest BCUT2D eigenvalue weighted by molar-refractivity contribution is 5.93. The fourth-order valence-corrected chi connectivity index (χ4v) is 3.55. The fourth-order valence-electron chi connectivity index (χ4n) is 3.55. The molecule has 0 bridgehead atoms. The molecule has 0 saturated carbocycles. The second-order valence-corrected chi connectivity index (χ2v) is 7.51. The summed E-state index contributed by atoms with van der Waals surface area (Å²) in [5.41, 5.74) is 1.15. The van der Waals surface area contributed by atoms with Crippen LogP contribution in [0, 0.1) is 12.8 Å². The van der Waals surface area contributed by atoms with E-state index in [1.54, 1.807) is 12.1 Å². The number of nitrogens with one attached hydrogen (secondary N) is 1. The van der Waals surface area contributed by atoms with Crippen molar-refractivity contribution in [3.63, 3.8) is 0 Å². The van der Waals surface area contributed by atoms with Gasteiger partial charge < -0.3 is 14.6 Å². The number of piperidine rings is 1. The van der Waals surface area contributed by atoms with E-state index in [1.165, 1.54) is 10.7 Å². The molecule has 146 valence electrons. The van der Waals surface area contributed by atoms with Crippen molar-refractivity contribution >= 4 is 28.4 Å². The van der Waals surface area contributed by atoms with Crippen molar-refractivity contribution in [2.24, 2.45) is 5.92 Å². The highest BCUT2D eigenvalue weighted by atomic mass is 16.3. The molecule has 1 aliphatic rings. The molecule has 1 aliphatic heterocycles. The van der Waals surface area contributed by atoms with E-state index in [0.29, 0.717) is 11.6 Å². The number of furan rings is 1. The molecule has 0 unspecified atom stereocenters. The number of carbonyl (C=O) groups is 1. The van der Waals surface area contributed by atoms with Crippen molar-refractivity contribution in [3.8, 4) is 0 Å². The molecular formula is C21H24N4O3. The lowest BCUT2D eigenvalue weighted by atomic mass is 9.99. The molecule has 0 atom stereocenters. The Kier molecular flexibility index (Phi) is 4.90. The maximum Gasteiger partial charge on any atom is 0.267 e. The van der Waals surface area contributed by atoms with E-state index < -0.39 is 0 Å². The maximum absolute atomic E-state index is 12.5. The van der Waals surface area contributed by atoms with Gasteiger partial charge in [0.15, 0.2) is 0 Å². The number of amides is 1. The first-order chi connectivity index (χ1) is 13.5. The third kappa shape index (κ3) is 3.93. The Morgan fingerprint density at radius 2 is 2.00 bits per heavy atom. The second kappa shape index (κ2) is 7.50. The van der Waals surface area contributed by atoms with Gasteiger partial charge in [-0.2, -0.15) is 5.10 Å². The lowest BCUT2D eigenvalue weighted by Crippen LogP contribution is -2.36.